The van der Waals surface area contributed by atoms with Crippen molar-refractivity contribution in [3.63, 3.8) is 0 Å². The number of nitrogens with zero attached hydrogens (tertiary/aromatic N) is 2. The first-order valence-electron chi connectivity index (χ1n) is 10.5. The predicted octanol–water partition coefficient (Wildman–Crippen LogP) is 4.29. The summed E-state index contributed by atoms with van der Waals surface area (Å²) in [5.74, 6) is 0.0860. The number of piperazine rings is 1. The normalized spacial score (nSPS) is 18.0. The van der Waals surface area contributed by atoms with Crippen molar-refractivity contribution in [2.75, 3.05) is 26.2 Å². The molecule has 0 radical (unpaired) electrons. The van der Waals surface area contributed by atoms with Crippen LogP contribution in [0.4, 0.5) is 4.79 Å². The number of amides is 1. The fourth-order valence-electron chi connectivity index (χ4n) is 4.61. The maximum absolute atomic E-state index is 12.9. The topological polar surface area (TPSA) is 54.5 Å². The van der Waals surface area contributed by atoms with E-state index in [1.807, 2.05) is 24.1 Å². The summed E-state index contributed by atoms with van der Waals surface area (Å²) < 4.78 is 5.83. The predicted molar refractivity (Wildman–Crippen MR) is 116 cm³/mol. The van der Waals surface area contributed by atoms with Gasteiger partial charge in [-0.05, 0) is 46.9 Å². The Hall–Kier alpha value is -3.18. The molecular weight excluding hydrogens is 374 g/mol. The summed E-state index contributed by atoms with van der Waals surface area (Å²) >= 11 is 0. The van der Waals surface area contributed by atoms with Crippen molar-refractivity contribution in [3.05, 3.63) is 89.2 Å². The lowest BCUT2D eigenvalue weighted by Gasteiger charge is -2.33. The Morgan fingerprint density at radius 1 is 1.10 bits per heavy atom. The number of hydrogen-bond acceptors (Lipinski definition) is 4. The Balaban J connectivity index is 1.28. The van der Waals surface area contributed by atoms with E-state index in [0.717, 1.165) is 17.8 Å². The minimum absolute atomic E-state index is 0.0860. The summed E-state index contributed by atoms with van der Waals surface area (Å²) in [6.07, 6.45) is 1.58. The standard InChI is InChI=1S/C25H25N3O2/c1-17-14-18(10-11-26-17)24-15-28(13-12-27-24)25(29)30-16-23-21-8-4-2-6-19(21)20-7-3-5-9-22(20)23/h2-11,14,23-24,27H,12-13,15-16H2,1H3. The number of aromatic nitrogens is 1. The summed E-state index contributed by atoms with van der Waals surface area (Å²) in [7, 11) is 0. The lowest BCUT2D eigenvalue weighted by molar-refractivity contribution is 0.0883. The number of rotatable bonds is 3. The second-order valence-electron chi connectivity index (χ2n) is 7.99. The van der Waals surface area contributed by atoms with Crippen LogP contribution in [0.2, 0.25) is 0 Å². The second-order valence-corrected chi connectivity index (χ2v) is 7.99. The van der Waals surface area contributed by atoms with E-state index >= 15 is 0 Å². The van der Waals surface area contributed by atoms with Crippen LogP contribution in [0.1, 0.15) is 34.3 Å². The Kier molecular flexibility index (Phi) is 4.97. The molecule has 152 valence electrons. The monoisotopic (exact) mass is 399 g/mol. The van der Waals surface area contributed by atoms with E-state index in [9.17, 15) is 4.79 Å². The summed E-state index contributed by atoms with van der Waals surface area (Å²) in [4.78, 5) is 19.0. The van der Waals surface area contributed by atoms with Crippen LogP contribution in [0.25, 0.3) is 11.1 Å². The summed E-state index contributed by atoms with van der Waals surface area (Å²) in [5.41, 5.74) is 7.08. The number of carbonyl (C=O) groups is 1. The van der Waals surface area contributed by atoms with Crippen molar-refractivity contribution in [2.45, 2.75) is 18.9 Å². The number of benzene rings is 2. The van der Waals surface area contributed by atoms with Crippen molar-refractivity contribution in [1.82, 2.24) is 15.2 Å². The molecule has 1 atom stereocenters. The molecule has 30 heavy (non-hydrogen) atoms. The smallest absolute Gasteiger partial charge is 0.409 e. The van der Waals surface area contributed by atoms with Crippen molar-refractivity contribution in [3.8, 4) is 11.1 Å². The molecule has 3 aromatic rings. The zero-order chi connectivity index (χ0) is 20.5. The number of nitrogens with one attached hydrogen (secondary N) is 1. The van der Waals surface area contributed by atoms with Gasteiger partial charge in [0, 0.05) is 37.4 Å². The van der Waals surface area contributed by atoms with Gasteiger partial charge >= 0.3 is 6.09 Å². The number of ether oxygens (including phenoxy) is 1. The molecule has 1 unspecified atom stereocenters. The van der Waals surface area contributed by atoms with E-state index in [-0.39, 0.29) is 18.1 Å². The second kappa shape index (κ2) is 7.92. The fourth-order valence-corrected chi connectivity index (χ4v) is 4.61. The molecule has 1 aromatic heterocycles. The van der Waals surface area contributed by atoms with Gasteiger partial charge in [0.15, 0.2) is 0 Å². The maximum Gasteiger partial charge on any atom is 0.409 e. The van der Waals surface area contributed by atoms with Crippen molar-refractivity contribution < 1.29 is 9.53 Å². The molecule has 5 heteroatoms. The average molecular weight is 399 g/mol. The molecule has 0 spiro atoms. The zero-order valence-corrected chi connectivity index (χ0v) is 17.0. The van der Waals surface area contributed by atoms with Crippen molar-refractivity contribution in [2.24, 2.45) is 0 Å². The van der Waals surface area contributed by atoms with E-state index in [0.29, 0.717) is 19.7 Å². The molecule has 0 saturated carbocycles. The third kappa shape index (κ3) is 3.46. The summed E-state index contributed by atoms with van der Waals surface area (Å²) in [5, 5.41) is 3.49. The van der Waals surface area contributed by atoms with Crippen LogP contribution in [0.15, 0.2) is 66.9 Å². The minimum Gasteiger partial charge on any atom is -0.448 e. The van der Waals surface area contributed by atoms with Gasteiger partial charge in [0.25, 0.3) is 0 Å². The Morgan fingerprint density at radius 2 is 1.80 bits per heavy atom. The van der Waals surface area contributed by atoms with Gasteiger partial charge in [-0.2, -0.15) is 0 Å². The van der Waals surface area contributed by atoms with E-state index in [1.54, 1.807) is 0 Å². The highest BCUT2D eigenvalue weighted by Crippen LogP contribution is 2.44. The Morgan fingerprint density at radius 3 is 2.50 bits per heavy atom. The molecular formula is C25H25N3O2. The van der Waals surface area contributed by atoms with Gasteiger partial charge in [0.1, 0.15) is 6.61 Å². The van der Waals surface area contributed by atoms with Gasteiger partial charge in [-0.15, -0.1) is 0 Å². The van der Waals surface area contributed by atoms with Crippen LogP contribution in [-0.4, -0.2) is 42.2 Å². The molecule has 2 aromatic carbocycles. The number of hydrogen-bond donors (Lipinski definition) is 1. The van der Waals surface area contributed by atoms with E-state index in [1.165, 1.54) is 22.3 Å². The molecule has 1 saturated heterocycles. The van der Waals surface area contributed by atoms with Crippen LogP contribution in [0.5, 0.6) is 0 Å². The van der Waals surface area contributed by atoms with Crippen molar-refractivity contribution in [1.29, 1.82) is 0 Å². The van der Waals surface area contributed by atoms with Crippen LogP contribution in [0, 0.1) is 6.92 Å². The fraction of sp³-hybridized carbons (Fsp3) is 0.280. The lowest BCUT2D eigenvalue weighted by Crippen LogP contribution is -2.48. The first-order valence-corrected chi connectivity index (χ1v) is 10.5. The number of pyridine rings is 1. The van der Waals surface area contributed by atoms with Crippen LogP contribution in [0.3, 0.4) is 0 Å². The third-order valence-electron chi connectivity index (χ3n) is 6.09. The van der Waals surface area contributed by atoms with Crippen LogP contribution >= 0.6 is 0 Å². The molecule has 1 aliphatic heterocycles. The quantitative estimate of drug-likeness (QED) is 0.714. The number of aryl methyl sites for hydroxylation is 1. The highest BCUT2D eigenvalue weighted by Gasteiger charge is 2.31. The van der Waals surface area contributed by atoms with E-state index < -0.39 is 0 Å². The molecule has 0 bridgehead atoms. The first kappa shape index (κ1) is 18.8. The number of carbonyl (C=O) groups excluding carboxylic acids is 1. The van der Waals surface area contributed by atoms with Crippen LogP contribution in [-0.2, 0) is 4.74 Å². The molecule has 5 nitrogen and oxygen atoms in total. The third-order valence-corrected chi connectivity index (χ3v) is 6.09. The molecule has 1 N–H and O–H groups in total. The largest absolute Gasteiger partial charge is 0.448 e. The maximum atomic E-state index is 12.9. The molecule has 1 amide bonds. The summed E-state index contributed by atoms with van der Waals surface area (Å²) in [6.45, 7) is 4.33. The van der Waals surface area contributed by atoms with Gasteiger partial charge in [0.05, 0.1) is 6.04 Å². The van der Waals surface area contributed by atoms with Gasteiger partial charge in [-0.1, -0.05) is 48.5 Å². The van der Waals surface area contributed by atoms with Gasteiger partial charge in [-0.3, -0.25) is 4.98 Å². The molecule has 1 aliphatic carbocycles. The minimum atomic E-state index is -0.242. The SMILES string of the molecule is Cc1cc(C2CN(C(=O)OCC3c4ccccc4-c4ccccc43)CCN2)ccn1. The average Bonchev–Trinajstić information content (AvgIpc) is 3.11. The highest BCUT2D eigenvalue weighted by molar-refractivity contribution is 5.79. The Bertz CT molecular complexity index is 1040. The molecule has 2 aliphatic rings. The van der Waals surface area contributed by atoms with Crippen LogP contribution < -0.4 is 5.32 Å². The van der Waals surface area contributed by atoms with E-state index in [2.05, 4.69) is 64.9 Å². The molecule has 5 rings (SSSR count). The Labute approximate surface area is 176 Å². The van der Waals surface area contributed by atoms with Gasteiger partial charge in [-0.25, -0.2) is 4.79 Å². The highest BCUT2D eigenvalue weighted by atomic mass is 16.6. The molecule has 2 heterocycles. The van der Waals surface area contributed by atoms with Gasteiger partial charge in [0.2, 0.25) is 0 Å². The van der Waals surface area contributed by atoms with Gasteiger partial charge < -0.3 is 15.0 Å². The number of fused-ring (bicyclic) bond motifs is 3. The van der Waals surface area contributed by atoms with Crippen molar-refractivity contribution >= 4 is 6.09 Å². The summed E-state index contributed by atoms with van der Waals surface area (Å²) in [6, 6.07) is 21.0. The molecule has 1 fully saturated rings. The zero-order valence-electron chi connectivity index (χ0n) is 17.0. The van der Waals surface area contributed by atoms with E-state index in [4.69, 9.17) is 4.74 Å². The lowest BCUT2D eigenvalue weighted by atomic mass is 9.98. The first-order chi connectivity index (χ1) is 14.7.